The Morgan fingerprint density at radius 3 is 2.15 bits per heavy atom. The molecule has 3 rings (SSSR count). The highest BCUT2D eigenvalue weighted by atomic mass is 35.5. The molecule has 1 saturated carbocycles. The maximum absolute atomic E-state index is 12.2. The average molecular weight is 386 g/mol. The summed E-state index contributed by atoms with van der Waals surface area (Å²) in [5.74, 6) is 0.429. The fourth-order valence-electron chi connectivity index (χ4n) is 3.77. The van der Waals surface area contributed by atoms with E-state index in [9.17, 15) is 4.79 Å². The first-order valence-electron chi connectivity index (χ1n) is 9.67. The molecule has 3 nitrogen and oxygen atoms in total. The third-order valence-electron chi connectivity index (χ3n) is 5.18. The van der Waals surface area contributed by atoms with Crippen LogP contribution in [-0.2, 0) is 22.5 Å². The standard InChI is InChI=1S/C23H28ClNO2/c1-25(2)16-18-3-7-19(8-4-18)20-9-13-22(14-10-20)27-23(26)15-17-5-11-21(24)12-6-17/h3-8,11-12,20,22H,9-10,13-16H2,1-2H3. The van der Waals surface area contributed by atoms with Crippen molar-refractivity contribution in [1.29, 1.82) is 0 Å². The summed E-state index contributed by atoms with van der Waals surface area (Å²) in [7, 11) is 4.17. The van der Waals surface area contributed by atoms with E-state index in [0.29, 0.717) is 17.4 Å². The van der Waals surface area contributed by atoms with Gasteiger partial charge in [0.2, 0.25) is 0 Å². The second-order valence-electron chi connectivity index (χ2n) is 7.75. The molecule has 0 aromatic heterocycles. The predicted molar refractivity (Wildman–Crippen MR) is 110 cm³/mol. The largest absolute Gasteiger partial charge is 0.462 e. The lowest BCUT2D eigenvalue weighted by molar-refractivity contribution is -0.149. The lowest BCUT2D eigenvalue weighted by Gasteiger charge is -2.28. The van der Waals surface area contributed by atoms with E-state index in [1.807, 2.05) is 12.1 Å². The van der Waals surface area contributed by atoms with Crippen LogP contribution >= 0.6 is 11.6 Å². The quantitative estimate of drug-likeness (QED) is 0.639. The molecule has 1 aliphatic carbocycles. The molecule has 0 unspecified atom stereocenters. The monoisotopic (exact) mass is 385 g/mol. The van der Waals surface area contributed by atoms with E-state index in [2.05, 4.69) is 43.3 Å². The van der Waals surface area contributed by atoms with Gasteiger partial charge in [0.15, 0.2) is 0 Å². The van der Waals surface area contributed by atoms with Gasteiger partial charge >= 0.3 is 5.97 Å². The second-order valence-corrected chi connectivity index (χ2v) is 8.18. The number of rotatable bonds is 6. The van der Waals surface area contributed by atoms with Gasteiger partial charge in [-0.1, -0.05) is 48.0 Å². The van der Waals surface area contributed by atoms with E-state index in [0.717, 1.165) is 37.8 Å². The number of nitrogens with zero attached hydrogens (tertiary/aromatic N) is 1. The highest BCUT2D eigenvalue weighted by molar-refractivity contribution is 6.30. The topological polar surface area (TPSA) is 29.5 Å². The van der Waals surface area contributed by atoms with Crippen LogP contribution in [0.1, 0.15) is 48.3 Å². The van der Waals surface area contributed by atoms with Crippen LogP contribution in [0, 0.1) is 0 Å². The number of hydrogen-bond acceptors (Lipinski definition) is 3. The van der Waals surface area contributed by atoms with Crippen molar-refractivity contribution in [3.05, 3.63) is 70.2 Å². The third kappa shape index (κ3) is 6.08. The molecule has 0 radical (unpaired) electrons. The van der Waals surface area contributed by atoms with Crippen LogP contribution in [-0.4, -0.2) is 31.1 Å². The molecule has 4 heteroatoms. The van der Waals surface area contributed by atoms with Gasteiger partial charge in [0.05, 0.1) is 6.42 Å². The molecule has 1 fully saturated rings. The highest BCUT2D eigenvalue weighted by Gasteiger charge is 2.25. The zero-order valence-corrected chi connectivity index (χ0v) is 16.9. The Bertz CT molecular complexity index is 732. The molecule has 0 aliphatic heterocycles. The van der Waals surface area contributed by atoms with Crippen LogP contribution in [0.4, 0.5) is 0 Å². The summed E-state index contributed by atoms with van der Waals surface area (Å²) in [5, 5.41) is 0.681. The molecule has 0 spiro atoms. The smallest absolute Gasteiger partial charge is 0.310 e. The van der Waals surface area contributed by atoms with E-state index in [1.165, 1.54) is 11.1 Å². The highest BCUT2D eigenvalue weighted by Crippen LogP contribution is 2.34. The maximum Gasteiger partial charge on any atom is 0.310 e. The van der Waals surface area contributed by atoms with E-state index in [4.69, 9.17) is 16.3 Å². The zero-order chi connectivity index (χ0) is 19.2. The molecule has 1 aliphatic rings. The second kappa shape index (κ2) is 9.38. The predicted octanol–water partition coefficient (Wildman–Crippen LogP) is 5.21. The van der Waals surface area contributed by atoms with Gasteiger partial charge in [0.1, 0.15) is 6.10 Å². The minimum absolute atomic E-state index is 0.0501. The van der Waals surface area contributed by atoms with Gasteiger partial charge in [0, 0.05) is 11.6 Å². The molecule has 0 bridgehead atoms. The fraction of sp³-hybridized carbons (Fsp3) is 0.435. The van der Waals surface area contributed by atoms with Crippen molar-refractivity contribution < 1.29 is 9.53 Å². The Hall–Kier alpha value is -1.84. The van der Waals surface area contributed by atoms with Crippen molar-refractivity contribution >= 4 is 17.6 Å². The molecule has 2 aromatic carbocycles. The summed E-state index contributed by atoms with van der Waals surface area (Å²) >= 11 is 5.88. The number of ether oxygens (including phenoxy) is 1. The van der Waals surface area contributed by atoms with Crippen LogP contribution in [0.3, 0.4) is 0 Å². The number of esters is 1. The lowest BCUT2D eigenvalue weighted by atomic mass is 9.82. The Kier molecular flexibility index (Phi) is 6.92. The first-order valence-corrected chi connectivity index (χ1v) is 10.0. The Morgan fingerprint density at radius 2 is 1.56 bits per heavy atom. The number of hydrogen-bond donors (Lipinski definition) is 0. The molecule has 0 saturated heterocycles. The average Bonchev–Trinajstić information content (AvgIpc) is 2.64. The maximum atomic E-state index is 12.2. The fourth-order valence-corrected chi connectivity index (χ4v) is 3.90. The summed E-state index contributed by atoms with van der Waals surface area (Å²) in [6.45, 7) is 0.969. The normalized spacial score (nSPS) is 19.9. The summed E-state index contributed by atoms with van der Waals surface area (Å²) in [4.78, 5) is 14.4. The van der Waals surface area contributed by atoms with Gasteiger partial charge in [0.25, 0.3) is 0 Å². The van der Waals surface area contributed by atoms with Crippen molar-refractivity contribution in [2.45, 2.75) is 50.7 Å². The third-order valence-corrected chi connectivity index (χ3v) is 5.44. The summed E-state index contributed by atoms with van der Waals surface area (Å²) in [5.41, 5.74) is 3.69. The van der Waals surface area contributed by atoms with E-state index in [-0.39, 0.29) is 12.1 Å². The van der Waals surface area contributed by atoms with Crippen LogP contribution in [0.2, 0.25) is 5.02 Å². The summed E-state index contributed by atoms with van der Waals surface area (Å²) in [6, 6.07) is 16.3. The van der Waals surface area contributed by atoms with Crippen molar-refractivity contribution in [2.24, 2.45) is 0 Å². The van der Waals surface area contributed by atoms with Gasteiger partial charge < -0.3 is 9.64 Å². The number of carbonyl (C=O) groups is 1. The van der Waals surface area contributed by atoms with E-state index < -0.39 is 0 Å². The van der Waals surface area contributed by atoms with Crippen LogP contribution in [0.5, 0.6) is 0 Å². The van der Waals surface area contributed by atoms with Crippen molar-refractivity contribution in [1.82, 2.24) is 4.90 Å². The van der Waals surface area contributed by atoms with Gasteiger partial charge in [-0.25, -0.2) is 0 Å². The number of carbonyl (C=O) groups excluding carboxylic acids is 1. The molecule has 0 N–H and O–H groups in total. The number of benzene rings is 2. The van der Waals surface area contributed by atoms with Crippen LogP contribution in [0.15, 0.2) is 48.5 Å². The van der Waals surface area contributed by atoms with Crippen LogP contribution < -0.4 is 0 Å². The van der Waals surface area contributed by atoms with Gasteiger partial charge in [-0.2, -0.15) is 0 Å². The van der Waals surface area contributed by atoms with Gasteiger partial charge in [-0.15, -0.1) is 0 Å². The van der Waals surface area contributed by atoms with Crippen molar-refractivity contribution in [3.8, 4) is 0 Å². The first-order chi connectivity index (χ1) is 13.0. The lowest BCUT2D eigenvalue weighted by Crippen LogP contribution is -2.24. The molecule has 144 valence electrons. The molecule has 0 amide bonds. The zero-order valence-electron chi connectivity index (χ0n) is 16.2. The van der Waals surface area contributed by atoms with E-state index in [1.54, 1.807) is 12.1 Å². The van der Waals surface area contributed by atoms with E-state index >= 15 is 0 Å². The minimum atomic E-state index is -0.145. The molecule has 2 aromatic rings. The first kappa shape index (κ1) is 19.9. The molecule has 27 heavy (non-hydrogen) atoms. The SMILES string of the molecule is CN(C)Cc1ccc(C2CCC(OC(=O)Cc3ccc(Cl)cc3)CC2)cc1. The molecule has 0 heterocycles. The Balaban J connectivity index is 1.45. The molecule has 0 atom stereocenters. The molecular formula is C23H28ClNO2. The van der Waals surface area contributed by atoms with Crippen molar-refractivity contribution in [3.63, 3.8) is 0 Å². The van der Waals surface area contributed by atoms with Gasteiger partial charge in [-0.3, -0.25) is 4.79 Å². The van der Waals surface area contributed by atoms with Crippen LogP contribution in [0.25, 0.3) is 0 Å². The molecular weight excluding hydrogens is 358 g/mol. The summed E-state index contributed by atoms with van der Waals surface area (Å²) in [6.07, 6.45) is 4.39. The Morgan fingerprint density at radius 1 is 0.963 bits per heavy atom. The Labute approximate surface area is 167 Å². The minimum Gasteiger partial charge on any atom is -0.462 e. The van der Waals surface area contributed by atoms with Gasteiger partial charge in [-0.05, 0) is 74.5 Å². The van der Waals surface area contributed by atoms with Crippen molar-refractivity contribution in [2.75, 3.05) is 14.1 Å². The summed E-state index contributed by atoms with van der Waals surface area (Å²) < 4.78 is 5.70. The number of halogens is 1.